The molecule has 2 N–H and O–H groups in total. The molecule has 0 saturated carbocycles. The molecular weight excluding hydrogens is 301 g/mol. The van der Waals surface area contributed by atoms with E-state index in [0.29, 0.717) is 13.1 Å². The van der Waals surface area contributed by atoms with Gasteiger partial charge in [0.1, 0.15) is 6.26 Å². The maximum atomic E-state index is 11.3. The van der Waals surface area contributed by atoms with Crippen molar-refractivity contribution in [3.8, 4) is 0 Å². The number of amides is 2. The standard InChI is InChI=1S/C9H9N3O2.Na.H2O4S/c13-9-11-8-4-12(9)2-1-7(8)6-3-10-14-5-6;;1-5(2,3)4/h1,3,5,8H,2,4H2,(H,11,13);;(H2,1,2,3,4)/q;+1;/p-1. The van der Waals surface area contributed by atoms with Crippen LogP contribution >= 0.6 is 0 Å². The van der Waals surface area contributed by atoms with Gasteiger partial charge in [0, 0.05) is 5.56 Å². The molecular formula is C9H10N3NaO6S. The molecule has 11 heteroatoms. The summed E-state index contributed by atoms with van der Waals surface area (Å²) in [4.78, 5) is 13.0. The molecule has 1 aromatic heterocycles. The maximum Gasteiger partial charge on any atom is 1.00 e. The van der Waals surface area contributed by atoms with E-state index in [1.54, 1.807) is 17.4 Å². The smallest absolute Gasteiger partial charge is 0.432 e. The number of urea groups is 1. The van der Waals surface area contributed by atoms with Crippen LogP contribution in [0.25, 0.3) is 10.9 Å². The average molecular weight is 311 g/mol. The number of aromatic nitrogens is 1. The van der Waals surface area contributed by atoms with Gasteiger partial charge in [0.2, 0.25) is 0 Å². The Bertz CT molecular complexity index is 591. The van der Waals surface area contributed by atoms with Crippen molar-refractivity contribution in [3.63, 3.8) is 0 Å². The summed E-state index contributed by atoms with van der Waals surface area (Å²) in [7, 11) is -4.67. The topological polar surface area (TPSA) is 135 Å². The molecule has 2 amide bonds. The van der Waals surface area contributed by atoms with E-state index in [1.165, 1.54) is 0 Å². The largest absolute Gasteiger partial charge is 1.00 e. The molecule has 2 aliphatic rings. The zero-order valence-electron chi connectivity index (χ0n) is 10.5. The Kier molecular flexibility index (Phi) is 5.74. The second-order valence-corrected chi connectivity index (χ2v) is 4.75. The summed E-state index contributed by atoms with van der Waals surface area (Å²) in [5.74, 6) is 0. The molecule has 9 nitrogen and oxygen atoms in total. The second-order valence-electron chi connectivity index (χ2n) is 3.85. The summed E-state index contributed by atoms with van der Waals surface area (Å²) in [6, 6.07) is -0.145. The monoisotopic (exact) mass is 311 g/mol. The Balaban J connectivity index is 0.000000293. The fourth-order valence-corrected chi connectivity index (χ4v) is 1.87. The van der Waals surface area contributed by atoms with Gasteiger partial charge < -0.3 is 14.7 Å². The fourth-order valence-electron chi connectivity index (χ4n) is 1.87. The number of nitrogens with zero attached hydrogens (tertiary/aromatic N) is 3. The minimum atomic E-state index is -4.67. The van der Waals surface area contributed by atoms with Crippen LogP contribution in [0.2, 0.25) is 0 Å². The normalized spacial score (nSPS) is 20.3. The molecule has 1 fully saturated rings. The first-order valence-electron chi connectivity index (χ1n) is 5.14. The molecule has 0 spiro atoms. The van der Waals surface area contributed by atoms with Crippen LogP contribution in [0.1, 0.15) is 5.56 Å². The first-order chi connectivity index (χ1) is 8.84. The average Bonchev–Trinajstić information content (AvgIpc) is 2.88. The van der Waals surface area contributed by atoms with Crippen molar-refractivity contribution in [3.05, 3.63) is 29.4 Å². The molecule has 2 aliphatic heterocycles. The third kappa shape index (κ3) is 4.58. The number of carbonyl (C=O) groups is 1. The van der Waals surface area contributed by atoms with Crippen molar-refractivity contribution in [1.82, 2.24) is 10.1 Å². The number of rotatable bonds is 1. The van der Waals surface area contributed by atoms with E-state index in [2.05, 4.69) is 10.5 Å². The van der Waals surface area contributed by atoms with Crippen LogP contribution in [0.3, 0.4) is 0 Å². The summed E-state index contributed by atoms with van der Waals surface area (Å²) in [5, 5.41) is 7.68. The Labute approximate surface area is 136 Å². The van der Waals surface area contributed by atoms with Gasteiger partial charge in [-0.05, 0) is 24.7 Å². The zero-order valence-corrected chi connectivity index (χ0v) is 13.3. The molecule has 0 radical (unpaired) electrons. The molecule has 104 valence electrons. The van der Waals surface area contributed by atoms with Crippen LogP contribution in [0.4, 0.5) is 4.79 Å². The van der Waals surface area contributed by atoms with E-state index in [4.69, 9.17) is 22.0 Å². The van der Waals surface area contributed by atoms with Crippen molar-refractivity contribution < 1.29 is 56.4 Å². The van der Waals surface area contributed by atoms with Crippen LogP contribution in [0.5, 0.6) is 0 Å². The van der Waals surface area contributed by atoms with Crippen LogP contribution in [-0.2, 0) is 10.4 Å². The van der Waals surface area contributed by atoms with E-state index in [-0.39, 0.29) is 41.6 Å². The van der Waals surface area contributed by atoms with Gasteiger partial charge in [0.25, 0.3) is 0 Å². The Morgan fingerprint density at radius 3 is 2.65 bits per heavy atom. The summed E-state index contributed by atoms with van der Waals surface area (Å²) in [6.45, 7) is 1.33. The maximum absolute atomic E-state index is 11.3. The van der Waals surface area contributed by atoms with E-state index < -0.39 is 10.4 Å². The van der Waals surface area contributed by atoms with E-state index >= 15 is 0 Å². The van der Waals surface area contributed by atoms with Crippen molar-refractivity contribution in [2.45, 2.75) is 6.04 Å². The van der Waals surface area contributed by atoms with Crippen LogP contribution < -0.4 is 29.6 Å². The third-order valence-electron chi connectivity index (χ3n) is 2.59. The third-order valence-corrected chi connectivity index (χ3v) is 2.59. The minimum Gasteiger partial charge on any atom is -0.432 e. The van der Waals surface area contributed by atoms with Crippen molar-refractivity contribution in [2.24, 2.45) is 0 Å². The van der Waals surface area contributed by atoms with Gasteiger partial charge in [-0.2, -0.15) is 8.42 Å². The van der Waals surface area contributed by atoms with E-state index in [9.17, 15) is 4.79 Å². The van der Waals surface area contributed by atoms with Crippen LogP contribution in [0, 0.1) is 0 Å². The van der Waals surface area contributed by atoms with Crippen molar-refractivity contribution >= 4 is 22.0 Å². The predicted octanol–water partition coefficient (Wildman–Crippen LogP) is -2.40. The number of carbonyl (C=O) groups excluding carboxylic acids is 1. The van der Waals surface area contributed by atoms with Gasteiger partial charge in [0.15, 0.2) is 6.03 Å². The van der Waals surface area contributed by atoms with Crippen LogP contribution in [0.15, 0.2) is 23.1 Å². The molecule has 0 aromatic carbocycles. The molecule has 3 rings (SSSR count). The first-order valence-corrected chi connectivity index (χ1v) is 6.54. The van der Waals surface area contributed by atoms with Gasteiger partial charge in [-0.3, -0.25) is 13.9 Å². The first kappa shape index (κ1) is 17.1. The SMILES string of the molecule is O=C1[N-]C2CN1CC=C2c1cnoc1.O=S(=O)(O)O.[Na+]. The zero-order chi connectivity index (χ0) is 14.0. The summed E-state index contributed by atoms with van der Waals surface area (Å²) < 4.78 is 36.4. The van der Waals surface area contributed by atoms with Gasteiger partial charge in [0.05, 0.1) is 6.20 Å². The molecule has 2 bridgehead atoms. The second kappa shape index (κ2) is 6.70. The summed E-state index contributed by atoms with van der Waals surface area (Å²) in [5.41, 5.74) is 1.97. The summed E-state index contributed by atoms with van der Waals surface area (Å²) >= 11 is 0. The minimum absolute atomic E-state index is 0. The molecule has 0 aliphatic carbocycles. The van der Waals surface area contributed by atoms with E-state index in [1.807, 2.05) is 6.08 Å². The van der Waals surface area contributed by atoms with Gasteiger partial charge in [-0.25, -0.2) is 0 Å². The number of hydrogen-bond acceptors (Lipinski definition) is 5. The Hall–Kier alpha value is -0.910. The predicted molar refractivity (Wildman–Crippen MR) is 62.8 cm³/mol. The van der Waals surface area contributed by atoms with Gasteiger partial charge >= 0.3 is 40.0 Å². The molecule has 1 atom stereocenters. The molecule has 1 saturated heterocycles. The molecule has 3 heterocycles. The number of fused-ring (bicyclic) bond motifs is 2. The van der Waals surface area contributed by atoms with Gasteiger partial charge in [-0.15, -0.1) is 0 Å². The number of hydrogen-bond donors (Lipinski definition) is 2. The fraction of sp³-hybridized carbons (Fsp3) is 0.333. The van der Waals surface area contributed by atoms with Crippen molar-refractivity contribution in [2.75, 3.05) is 13.1 Å². The molecule has 1 aromatic rings. The van der Waals surface area contributed by atoms with E-state index in [0.717, 1.165) is 11.1 Å². The molecule has 20 heavy (non-hydrogen) atoms. The van der Waals surface area contributed by atoms with Crippen molar-refractivity contribution in [1.29, 1.82) is 0 Å². The Morgan fingerprint density at radius 1 is 1.45 bits per heavy atom. The quantitative estimate of drug-likeness (QED) is 0.436. The summed E-state index contributed by atoms with van der Waals surface area (Å²) in [6.07, 6.45) is 5.24. The van der Waals surface area contributed by atoms with Gasteiger partial charge in [-0.1, -0.05) is 11.2 Å². The molecule has 1 unspecified atom stereocenters. The van der Waals surface area contributed by atoms with Crippen LogP contribution in [-0.4, -0.2) is 52.7 Å². The Morgan fingerprint density at radius 2 is 2.10 bits per heavy atom.